The first kappa shape index (κ1) is 27.7. The second-order valence-corrected chi connectivity index (χ2v) is 16.0. The molecule has 3 aromatic carbocycles. The van der Waals surface area contributed by atoms with Gasteiger partial charge in [-0.1, -0.05) is 107 Å². The molecule has 2 aromatic heterocycles. The molecule has 6 nitrogen and oxygen atoms in total. The van der Waals surface area contributed by atoms with Crippen LogP contribution in [0.1, 0.15) is 46.2 Å². The van der Waals surface area contributed by atoms with Crippen molar-refractivity contribution in [2.45, 2.75) is 52.3 Å². The molecule has 0 radical (unpaired) electrons. The van der Waals surface area contributed by atoms with Crippen molar-refractivity contribution in [1.29, 1.82) is 0 Å². The minimum Gasteiger partial charge on any atom is -0.467 e. The van der Waals surface area contributed by atoms with E-state index in [0.29, 0.717) is 6.61 Å². The Morgan fingerprint density at radius 2 is 1.52 bits per heavy atom. The second kappa shape index (κ2) is 11.0. The van der Waals surface area contributed by atoms with Crippen molar-refractivity contribution >= 4 is 46.5 Å². The Morgan fingerprint density at radius 1 is 0.900 bits per heavy atom. The van der Waals surface area contributed by atoms with Gasteiger partial charge in [-0.3, -0.25) is 9.67 Å². The molecular weight excluding hydrogens is 514 g/mol. The highest BCUT2D eigenvalue weighted by Crippen LogP contribution is 2.37. The minimum atomic E-state index is -2.66. The number of nitrogens with zero attached hydrogens (tertiary/aromatic N) is 3. The number of hydrogen-bond donors (Lipinski definition) is 0. The van der Waals surface area contributed by atoms with E-state index in [1.807, 2.05) is 20.0 Å². The van der Waals surface area contributed by atoms with Crippen molar-refractivity contribution in [3.8, 4) is 0 Å². The lowest BCUT2D eigenvalue weighted by Crippen LogP contribution is -2.66. The van der Waals surface area contributed by atoms with Crippen molar-refractivity contribution in [2.75, 3.05) is 7.11 Å². The predicted octanol–water partition coefficient (Wildman–Crippen LogP) is 6.03. The molecule has 2 heterocycles. The number of carbonyl (C=O) groups excluding carboxylic acids is 1. The van der Waals surface area contributed by atoms with Crippen molar-refractivity contribution in [1.82, 2.24) is 14.8 Å². The van der Waals surface area contributed by atoms with Crippen LogP contribution in [-0.2, 0) is 20.6 Å². The minimum absolute atomic E-state index is 0.0335. The normalized spacial score (nSPS) is 13.2. The maximum Gasteiger partial charge on any atom is 0.330 e. The van der Waals surface area contributed by atoms with Crippen molar-refractivity contribution in [2.24, 2.45) is 5.92 Å². The molecule has 0 amide bonds. The van der Waals surface area contributed by atoms with Gasteiger partial charge in [0.2, 0.25) is 0 Å². The zero-order valence-electron chi connectivity index (χ0n) is 24.1. The molecule has 0 fully saturated rings. The van der Waals surface area contributed by atoms with Crippen molar-refractivity contribution < 1.29 is 14.0 Å². The van der Waals surface area contributed by atoms with Gasteiger partial charge in [0, 0.05) is 17.0 Å². The van der Waals surface area contributed by atoms with Gasteiger partial charge in [-0.2, -0.15) is 5.10 Å². The van der Waals surface area contributed by atoms with E-state index in [2.05, 4.69) is 105 Å². The summed E-state index contributed by atoms with van der Waals surface area (Å²) < 4.78 is 13.9. The van der Waals surface area contributed by atoms with E-state index in [9.17, 15) is 4.79 Å². The fraction of sp³-hybridized carbons (Fsp3) is 0.303. The molecule has 0 N–H and O–H groups in total. The summed E-state index contributed by atoms with van der Waals surface area (Å²) >= 11 is 0. The molecule has 0 saturated heterocycles. The molecule has 0 aliphatic rings. The monoisotopic (exact) mass is 551 g/mol. The first-order chi connectivity index (χ1) is 19.2. The summed E-state index contributed by atoms with van der Waals surface area (Å²) in [5.41, 5.74) is 2.68. The Balaban J connectivity index is 1.53. The number of rotatable bonds is 8. The van der Waals surface area contributed by atoms with Crippen LogP contribution in [0.4, 0.5) is 0 Å². The number of aromatic nitrogens is 3. The molecule has 0 aliphatic heterocycles. The third kappa shape index (κ3) is 4.95. The number of ether oxygens (including phenoxy) is 1. The van der Waals surface area contributed by atoms with Gasteiger partial charge in [-0.25, -0.2) is 4.79 Å². The molecule has 5 aromatic rings. The molecule has 7 heteroatoms. The largest absolute Gasteiger partial charge is 0.467 e. The maximum atomic E-state index is 12.5. The van der Waals surface area contributed by atoms with Gasteiger partial charge in [-0.15, -0.1) is 0 Å². The van der Waals surface area contributed by atoms with Gasteiger partial charge in [0.15, 0.2) is 6.04 Å². The van der Waals surface area contributed by atoms with Crippen LogP contribution in [0.3, 0.4) is 0 Å². The molecule has 0 spiro atoms. The second-order valence-electron chi connectivity index (χ2n) is 11.7. The molecule has 0 aliphatic carbocycles. The van der Waals surface area contributed by atoms with Gasteiger partial charge < -0.3 is 9.16 Å². The summed E-state index contributed by atoms with van der Waals surface area (Å²) in [7, 11) is -1.24. The number of pyridine rings is 1. The van der Waals surface area contributed by atoms with E-state index in [0.717, 1.165) is 27.4 Å². The van der Waals surface area contributed by atoms with Gasteiger partial charge >= 0.3 is 5.97 Å². The number of methoxy groups -OCH3 is 1. The molecule has 40 heavy (non-hydrogen) atoms. The lowest BCUT2D eigenvalue weighted by Gasteiger charge is -2.43. The summed E-state index contributed by atoms with van der Waals surface area (Å²) in [6, 6.07) is 27.2. The standard InChI is InChI=1S/C33H37N3O3Si/c1-23(2)31(32(37)38-6)36-21-28-27-18-17-24(19-29(27)34-20-30(28)35-36)22-39-40(33(3,4)5,25-13-9-7-10-14-25)26-15-11-8-12-16-26/h7-21,23,31H,22H2,1-6H3. The van der Waals surface area contributed by atoms with E-state index < -0.39 is 14.4 Å². The van der Waals surface area contributed by atoms with Crippen LogP contribution in [0.5, 0.6) is 0 Å². The van der Waals surface area contributed by atoms with Crippen LogP contribution in [0.25, 0.3) is 21.8 Å². The molecule has 0 saturated carbocycles. The van der Waals surface area contributed by atoms with Crippen LogP contribution >= 0.6 is 0 Å². The van der Waals surface area contributed by atoms with Crippen LogP contribution in [0.15, 0.2) is 91.3 Å². The Bertz CT molecular complexity index is 1590. The molecule has 1 atom stereocenters. The highest BCUT2D eigenvalue weighted by molar-refractivity contribution is 6.99. The molecule has 206 valence electrons. The third-order valence-corrected chi connectivity index (χ3v) is 12.7. The Morgan fingerprint density at radius 3 is 2.08 bits per heavy atom. The van der Waals surface area contributed by atoms with Crippen LogP contribution in [0, 0.1) is 5.92 Å². The first-order valence-electron chi connectivity index (χ1n) is 13.7. The topological polar surface area (TPSA) is 66.2 Å². The lowest BCUT2D eigenvalue weighted by atomic mass is 10.1. The maximum absolute atomic E-state index is 12.5. The summed E-state index contributed by atoms with van der Waals surface area (Å²) in [5.74, 6) is -0.269. The van der Waals surface area contributed by atoms with Crippen LogP contribution in [-0.4, -0.2) is 36.2 Å². The van der Waals surface area contributed by atoms with Gasteiger partial charge in [0.1, 0.15) is 5.52 Å². The van der Waals surface area contributed by atoms with Gasteiger partial charge in [0.05, 0.1) is 25.4 Å². The predicted molar refractivity (Wildman–Crippen MR) is 163 cm³/mol. The highest BCUT2D eigenvalue weighted by atomic mass is 28.4. The van der Waals surface area contributed by atoms with Crippen molar-refractivity contribution in [3.05, 3.63) is 96.8 Å². The number of carbonyl (C=O) groups is 1. The van der Waals surface area contributed by atoms with E-state index in [4.69, 9.17) is 14.1 Å². The number of benzene rings is 3. The van der Waals surface area contributed by atoms with E-state index in [1.165, 1.54) is 17.5 Å². The lowest BCUT2D eigenvalue weighted by molar-refractivity contribution is -0.146. The quantitative estimate of drug-likeness (QED) is 0.174. The zero-order chi connectivity index (χ0) is 28.5. The fourth-order valence-electron chi connectivity index (χ4n) is 5.74. The smallest absolute Gasteiger partial charge is 0.330 e. The first-order valence-corrected chi connectivity index (χ1v) is 15.7. The van der Waals surface area contributed by atoms with Crippen LogP contribution < -0.4 is 10.4 Å². The summed E-state index contributed by atoms with van der Waals surface area (Å²) in [6.07, 6.45) is 3.70. The molecular formula is C33H37N3O3Si. The SMILES string of the molecule is COC(=O)C(C(C)C)n1cc2c(cnc3cc(CO[Si](c4ccccc4)(c4ccccc4)C(C)(C)C)ccc32)n1. The average Bonchev–Trinajstić information content (AvgIpc) is 3.37. The summed E-state index contributed by atoms with van der Waals surface area (Å²) in [6.45, 7) is 11.3. The Hall–Kier alpha value is -3.81. The molecule has 1 unspecified atom stereocenters. The number of esters is 1. The van der Waals surface area contributed by atoms with Gasteiger partial charge in [0.25, 0.3) is 8.32 Å². The third-order valence-electron chi connectivity index (χ3n) is 7.67. The highest BCUT2D eigenvalue weighted by Gasteiger charge is 2.50. The molecule has 5 rings (SSSR count). The Labute approximate surface area is 237 Å². The number of fused-ring (bicyclic) bond motifs is 3. The summed E-state index contributed by atoms with van der Waals surface area (Å²) in [4.78, 5) is 17.2. The molecule has 0 bridgehead atoms. The zero-order valence-corrected chi connectivity index (χ0v) is 25.1. The van der Waals surface area contributed by atoms with E-state index >= 15 is 0 Å². The van der Waals surface area contributed by atoms with Crippen LogP contribution in [0.2, 0.25) is 5.04 Å². The fourth-order valence-corrected chi connectivity index (χ4v) is 10.3. The average molecular weight is 552 g/mol. The number of hydrogen-bond acceptors (Lipinski definition) is 5. The Kier molecular flexibility index (Phi) is 7.62. The van der Waals surface area contributed by atoms with E-state index in [1.54, 1.807) is 10.9 Å². The van der Waals surface area contributed by atoms with Gasteiger partial charge in [-0.05, 0) is 33.0 Å². The van der Waals surface area contributed by atoms with Crippen molar-refractivity contribution in [3.63, 3.8) is 0 Å². The summed E-state index contributed by atoms with van der Waals surface area (Å²) in [5, 5.41) is 9.04. The van der Waals surface area contributed by atoms with E-state index in [-0.39, 0.29) is 16.9 Å².